The fourth-order valence-electron chi connectivity index (χ4n) is 2.07. The van der Waals surface area contributed by atoms with Gasteiger partial charge in [0.05, 0.1) is 0 Å². The summed E-state index contributed by atoms with van der Waals surface area (Å²) in [4.78, 5) is 8.83. The quantitative estimate of drug-likeness (QED) is 0.920. The van der Waals surface area contributed by atoms with Crippen LogP contribution in [0.25, 0.3) is 11.5 Å². The van der Waals surface area contributed by atoms with E-state index < -0.39 is 0 Å². The van der Waals surface area contributed by atoms with Gasteiger partial charge in [0.15, 0.2) is 0 Å². The number of hydrogen-bond acceptors (Lipinski definition) is 6. The summed E-state index contributed by atoms with van der Waals surface area (Å²) in [5, 5.41) is 7.47. The largest absolute Gasteiger partial charge is 0.339 e. The summed E-state index contributed by atoms with van der Waals surface area (Å²) in [7, 11) is 0. The van der Waals surface area contributed by atoms with Gasteiger partial charge >= 0.3 is 0 Å². The van der Waals surface area contributed by atoms with Crippen molar-refractivity contribution in [2.45, 2.75) is 19.4 Å². The van der Waals surface area contributed by atoms with Gasteiger partial charge in [-0.05, 0) is 19.1 Å². The lowest BCUT2D eigenvalue weighted by molar-refractivity contribution is 0.363. The Morgan fingerprint density at radius 2 is 2.37 bits per heavy atom. The van der Waals surface area contributed by atoms with Crippen molar-refractivity contribution in [2.75, 3.05) is 18.1 Å². The lowest BCUT2D eigenvalue weighted by Crippen LogP contribution is -2.38. The van der Waals surface area contributed by atoms with Crippen LogP contribution in [0.4, 0.5) is 0 Å². The van der Waals surface area contributed by atoms with Crippen LogP contribution < -0.4 is 5.32 Å². The number of nitrogens with zero attached hydrogens (tertiary/aromatic N) is 3. The van der Waals surface area contributed by atoms with Crippen LogP contribution in [0.3, 0.4) is 0 Å². The summed E-state index contributed by atoms with van der Waals surface area (Å²) >= 11 is 1.96. The summed E-state index contributed by atoms with van der Waals surface area (Å²) in [5.74, 6) is 3.53. The van der Waals surface area contributed by atoms with E-state index in [-0.39, 0.29) is 0 Å². The van der Waals surface area contributed by atoms with Crippen LogP contribution in [0.2, 0.25) is 0 Å². The molecule has 0 amide bonds. The fraction of sp³-hybridized carbons (Fsp3) is 0.462. The molecule has 1 N–H and O–H groups in total. The van der Waals surface area contributed by atoms with Crippen molar-refractivity contribution < 1.29 is 4.52 Å². The lowest BCUT2D eigenvalue weighted by atomic mass is 10.2. The van der Waals surface area contributed by atoms with Crippen LogP contribution in [0.15, 0.2) is 22.7 Å². The van der Waals surface area contributed by atoms with E-state index in [2.05, 4.69) is 20.4 Å². The molecule has 1 atom stereocenters. The number of thioether (sulfide) groups is 1. The van der Waals surface area contributed by atoms with E-state index in [1.165, 1.54) is 5.75 Å². The number of aromatic nitrogens is 3. The topological polar surface area (TPSA) is 63.8 Å². The minimum Gasteiger partial charge on any atom is -0.339 e. The summed E-state index contributed by atoms with van der Waals surface area (Å²) in [6.45, 7) is 3.00. The van der Waals surface area contributed by atoms with Gasteiger partial charge in [-0.3, -0.25) is 0 Å². The van der Waals surface area contributed by atoms with Crippen molar-refractivity contribution in [3.8, 4) is 11.5 Å². The van der Waals surface area contributed by atoms with Gasteiger partial charge in [0.2, 0.25) is 11.7 Å². The molecule has 3 heterocycles. The predicted molar refractivity (Wildman–Crippen MR) is 75.1 cm³/mol. The molecule has 0 saturated carbocycles. The molecule has 1 saturated heterocycles. The second kappa shape index (κ2) is 5.71. The zero-order chi connectivity index (χ0) is 13.1. The monoisotopic (exact) mass is 276 g/mol. The lowest BCUT2D eigenvalue weighted by Gasteiger charge is -2.21. The number of hydrogen-bond donors (Lipinski definition) is 1. The third-order valence-corrected chi connectivity index (χ3v) is 4.14. The molecule has 0 radical (unpaired) electrons. The van der Waals surface area contributed by atoms with Crippen LogP contribution in [-0.4, -0.2) is 39.2 Å². The number of aryl methyl sites for hydroxylation is 1. The van der Waals surface area contributed by atoms with Gasteiger partial charge in [-0.1, -0.05) is 11.2 Å². The van der Waals surface area contributed by atoms with Gasteiger partial charge < -0.3 is 9.84 Å². The van der Waals surface area contributed by atoms with Crippen molar-refractivity contribution in [3.05, 3.63) is 29.8 Å². The van der Waals surface area contributed by atoms with Crippen LogP contribution >= 0.6 is 11.8 Å². The molecule has 6 heteroatoms. The first kappa shape index (κ1) is 12.6. The first-order chi connectivity index (χ1) is 9.31. The van der Waals surface area contributed by atoms with E-state index in [1.807, 2.05) is 36.9 Å². The van der Waals surface area contributed by atoms with Crippen LogP contribution in [0, 0.1) is 6.92 Å². The predicted octanol–water partition coefficient (Wildman–Crippen LogP) is 1.69. The standard InChI is InChI=1S/C13H16N4OS/c1-9-3-2-4-11(15-9)13-16-12(18-17-13)7-10-8-19-6-5-14-10/h2-4,10,14H,5-8H2,1H3. The van der Waals surface area contributed by atoms with Crippen LogP contribution in [0.5, 0.6) is 0 Å². The maximum Gasteiger partial charge on any atom is 0.228 e. The molecule has 2 aromatic rings. The third kappa shape index (κ3) is 3.13. The van der Waals surface area contributed by atoms with Crippen LogP contribution in [0.1, 0.15) is 11.6 Å². The maximum absolute atomic E-state index is 5.31. The average molecular weight is 276 g/mol. The van der Waals surface area contributed by atoms with Gasteiger partial charge in [-0.25, -0.2) is 4.98 Å². The highest BCUT2D eigenvalue weighted by atomic mass is 32.2. The minimum atomic E-state index is 0.428. The van der Waals surface area contributed by atoms with Crippen molar-refractivity contribution in [2.24, 2.45) is 0 Å². The molecule has 100 valence electrons. The molecule has 1 aliphatic heterocycles. The smallest absolute Gasteiger partial charge is 0.228 e. The van der Waals surface area contributed by atoms with Gasteiger partial charge in [0.1, 0.15) is 5.69 Å². The Hall–Kier alpha value is -1.40. The van der Waals surface area contributed by atoms with Crippen molar-refractivity contribution in [1.82, 2.24) is 20.4 Å². The third-order valence-electron chi connectivity index (χ3n) is 3.00. The Bertz CT molecular complexity index is 551. The molecular formula is C13H16N4OS. The van der Waals surface area contributed by atoms with Crippen molar-refractivity contribution >= 4 is 11.8 Å². The Morgan fingerprint density at radius 3 is 3.16 bits per heavy atom. The molecule has 1 unspecified atom stereocenters. The summed E-state index contributed by atoms with van der Waals surface area (Å²) in [5.41, 5.74) is 1.72. The highest BCUT2D eigenvalue weighted by molar-refractivity contribution is 7.99. The summed E-state index contributed by atoms with van der Waals surface area (Å²) < 4.78 is 5.31. The second-order valence-electron chi connectivity index (χ2n) is 4.61. The molecule has 0 aliphatic carbocycles. The first-order valence-electron chi connectivity index (χ1n) is 6.39. The van der Waals surface area contributed by atoms with Gasteiger partial charge in [0, 0.05) is 36.2 Å². The number of nitrogens with one attached hydrogen (secondary N) is 1. The average Bonchev–Trinajstić information content (AvgIpc) is 2.88. The minimum absolute atomic E-state index is 0.428. The maximum atomic E-state index is 5.31. The first-order valence-corrected chi connectivity index (χ1v) is 7.54. The van der Waals surface area contributed by atoms with Gasteiger partial charge in [-0.2, -0.15) is 16.7 Å². The molecule has 1 aliphatic rings. The molecule has 2 aromatic heterocycles. The molecule has 0 bridgehead atoms. The summed E-state index contributed by atoms with van der Waals surface area (Å²) in [6, 6.07) is 6.23. The number of rotatable bonds is 3. The SMILES string of the molecule is Cc1cccc(-c2noc(CC3CSCCN3)n2)n1. The molecule has 5 nitrogen and oxygen atoms in total. The fourth-order valence-corrected chi connectivity index (χ4v) is 3.02. The van der Waals surface area contributed by atoms with E-state index >= 15 is 0 Å². The molecule has 1 fully saturated rings. The van der Waals surface area contributed by atoms with Crippen LogP contribution in [-0.2, 0) is 6.42 Å². The second-order valence-corrected chi connectivity index (χ2v) is 5.76. The van der Waals surface area contributed by atoms with Gasteiger partial charge in [-0.15, -0.1) is 0 Å². The highest BCUT2D eigenvalue weighted by Crippen LogP contribution is 2.16. The van der Waals surface area contributed by atoms with Gasteiger partial charge in [0.25, 0.3) is 0 Å². The molecule has 3 rings (SSSR count). The summed E-state index contributed by atoms with van der Waals surface area (Å²) in [6.07, 6.45) is 0.784. The highest BCUT2D eigenvalue weighted by Gasteiger charge is 2.17. The Kier molecular flexibility index (Phi) is 3.79. The zero-order valence-electron chi connectivity index (χ0n) is 10.8. The van der Waals surface area contributed by atoms with Crippen molar-refractivity contribution in [1.29, 1.82) is 0 Å². The van der Waals surface area contributed by atoms with E-state index in [0.29, 0.717) is 17.8 Å². The Morgan fingerprint density at radius 1 is 1.42 bits per heavy atom. The van der Waals surface area contributed by atoms with E-state index in [1.54, 1.807) is 0 Å². The Labute approximate surface area is 116 Å². The van der Waals surface area contributed by atoms with Crippen molar-refractivity contribution in [3.63, 3.8) is 0 Å². The molecular weight excluding hydrogens is 260 g/mol. The Balaban J connectivity index is 1.72. The van der Waals surface area contributed by atoms with E-state index in [0.717, 1.165) is 30.1 Å². The molecule has 0 spiro atoms. The zero-order valence-corrected chi connectivity index (χ0v) is 11.6. The number of pyridine rings is 1. The molecule has 0 aromatic carbocycles. The normalized spacial score (nSPS) is 19.5. The molecule has 19 heavy (non-hydrogen) atoms. The van der Waals surface area contributed by atoms with E-state index in [9.17, 15) is 0 Å². The van der Waals surface area contributed by atoms with E-state index in [4.69, 9.17) is 4.52 Å².